The molecule has 0 atom stereocenters. The Morgan fingerprint density at radius 1 is 1.36 bits per heavy atom. The van der Waals surface area contributed by atoms with Crippen molar-refractivity contribution in [1.29, 1.82) is 0 Å². The van der Waals surface area contributed by atoms with Gasteiger partial charge in [-0.1, -0.05) is 23.2 Å². The monoisotopic (exact) mass is 349 g/mol. The van der Waals surface area contributed by atoms with Gasteiger partial charge in [0.2, 0.25) is 0 Å². The van der Waals surface area contributed by atoms with E-state index in [0.29, 0.717) is 22.1 Å². The second kappa shape index (κ2) is 8.25. The van der Waals surface area contributed by atoms with Crippen molar-refractivity contribution in [3.05, 3.63) is 40.1 Å². The Bertz CT molecular complexity index is 556. The summed E-state index contributed by atoms with van der Waals surface area (Å²) in [5, 5.41) is 3.25. The highest BCUT2D eigenvalue weighted by molar-refractivity contribution is 6.35. The number of ether oxygens (including phenoxy) is 2. The summed E-state index contributed by atoms with van der Waals surface area (Å²) < 4.78 is 23.3. The van der Waals surface area contributed by atoms with E-state index in [1.54, 1.807) is 32.9 Å². The highest BCUT2D eigenvalue weighted by atomic mass is 35.5. The zero-order valence-corrected chi connectivity index (χ0v) is 14.1. The first kappa shape index (κ1) is 18.6. The molecule has 0 aromatic heterocycles. The van der Waals surface area contributed by atoms with Crippen molar-refractivity contribution in [3.8, 4) is 5.75 Å². The Morgan fingerprint density at radius 2 is 2.05 bits per heavy atom. The average molecular weight is 350 g/mol. The largest absolute Gasteiger partial charge is 0.488 e. The molecule has 0 saturated heterocycles. The highest BCUT2D eigenvalue weighted by Gasteiger charge is 2.16. The first-order valence-corrected chi connectivity index (χ1v) is 7.29. The molecule has 0 spiro atoms. The number of amides is 1. The van der Waals surface area contributed by atoms with Gasteiger partial charge in [0.1, 0.15) is 18.0 Å². The Balaban J connectivity index is 2.48. The minimum atomic E-state index is -0.628. The molecule has 0 bridgehead atoms. The van der Waals surface area contributed by atoms with Gasteiger partial charge in [-0.3, -0.25) is 0 Å². The Labute approximate surface area is 139 Å². The summed E-state index contributed by atoms with van der Waals surface area (Å²) in [7, 11) is 0. The SMILES string of the molecule is CC(C)(C)OC(=O)NCC(=CF)COc1ccc(Cl)cc1Cl. The lowest BCUT2D eigenvalue weighted by molar-refractivity contribution is 0.0531. The molecule has 0 saturated carbocycles. The number of nitrogens with one attached hydrogen (secondary N) is 1. The lowest BCUT2D eigenvalue weighted by atomic mass is 10.2. The van der Waals surface area contributed by atoms with E-state index in [2.05, 4.69) is 5.32 Å². The van der Waals surface area contributed by atoms with Gasteiger partial charge in [-0.05, 0) is 39.0 Å². The van der Waals surface area contributed by atoms with Gasteiger partial charge >= 0.3 is 6.09 Å². The van der Waals surface area contributed by atoms with Crippen LogP contribution in [0.2, 0.25) is 10.0 Å². The van der Waals surface area contributed by atoms with E-state index in [1.807, 2.05) is 0 Å². The summed E-state index contributed by atoms with van der Waals surface area (Å²) in [4.78, 5) is 11.5. The van der Waals surface area contributed by atoms with Crippen LogP contribution in [0.15, 0.2) is 30.1 Å². The first-order valence-electron chi connectivity index (χ1n) is 6.54. The summed E-state index contributed by atoms with van der Waals surface area (Å²) in [6.45, 7) is 5.13. The second-order valence-corrected chi connectivity index (χ2v) is 6.33. The molecule has 0 aliphatic rings. The molecule has 0 aliphatic heterocycles. The van der Waals surface area contributed by atoms with Gasteiger partial charge in [0.05, 0.1) is 11.4 Å². The minimum absolute atomic E-state index is 0.0311. The zero-order valence-electron chi connectivity index (χ0n) is 12.6. The summed E-state index contributed by atoms with van der Waals surface area (Å²) >= 11 is 11.7. The maximum absolute atomic E-state index is 12.8. The van der Waals surface area contributed by atoms with Crippen LogP contribution in [0.3, 0.4) is 0 Å². The number of carbonyl (C=O) groups excluding carboxylic acids is 1. The number of benzene rings is 1. The fourth-order valence-electron chi connectivity index (χ4n) is 1.38. The van der Waals surface area contributed by atoms with Crippen LogP contribution in [0, 0.1) is 0 Å². The van der Waals surface area contributed by atoms with Crippen molar-refractivity contribution in [1.82, 2.24) is 5.32 Å². The average Bonchev–Trinajstić information content (AvgIpc) is 2.38. The molecular weight excluding hydrogens is 332 g/mol. The maximum atomic E-state index is 12.8. The van der Waals surface area contributed by atoms with E-state index in [4.69, 9.17) is 32.7 Å². The Hall–Kier alpha value is -1.46. The van der Waals surface area contributed by atoms with E-state index in [0.717, 1.165) is 0 Å². The lowest BCUT2D eigenvalue weighted by Crippen LogP contribution is -2.34. The van der Waals surface area contributed by atoms with E-state index in [-0.39, 0.29) is 18.7 Å². The third kappa shape index (κ3) is 7.00. The predicted molar refractivity (Wildman–Crippen MR) is 85.4 cm³/mol. The van der Waals surface area contributed by atoms with Crippen molar-refractivity contribution < 1.29 is 18.7 Å². The number of rotatable bonds is 5. The predicted octanol–water partition coefficient (Wildman–Crippen LogP) is 4.75. The molecule has 0 unspecified atom stereocenters. The number of alkyl carbamates (subject to hydrolysis) is 1. The lowest BCUT2D eigenvalue weighted by Gasteiger charge is -2.20. The fraction of sp³-hybridized carbons (Fsp3) is 0.400. The van der Waals surface area contributed by atoms with Crippen LogP contribution in [0.4, 0.5) is 9.18 Å². The molecule has 1 aromatic rings. The molecule has 1 N–H and O–H groups in total. The third-order valence-electron chi connectivity index (χ3n) is 2.32. The van der Waals surface area contributed by atoms with E-state index >= 15 is 0 Å². The van der Waals surface area contributed by atoms with E-state index in [1.165, 1.54) is 6.07 Å². The molecule has 0 radical (unpaired) electrons. The van der Waals surface area contributed by atoms with Crippen LogP contribution in [-0.4, -0.2) is 24.8 Å². The number of carbonyl (C=O) groups is 1. The molecular formula is C15H18Cl2FNO3. The van der Waals surface area contributed by atoms with Crippen LogP contribution in [0.1, 0.15) is 20.8 Å². The molecule has 1 aromatic carbocycles. The Morgan fingerprint density at radius 3 is 2.59 bits per heavy atom. The van der Waals surface area contributed by atoms with Crippen molar-refractivity contribution in [3.63, 3.8) is 0 Å². The maximum Gasteiger partial charge on any atom is 0.407 e. The van der Waals surface area contributed by atoms with Crippen molar-refractivity contribution in [2.45, 2.75) is 26.4 Å². The third-order valence-corrected chi connectivity index (χ3v) is 2.85. The molecule has 7 heteroatoms. The normalized spacial score (nSPS) is 12.0. The topological polar surface area (TPSA) is 47.6 Å². The van der Waals surface area contributed by atoms with Crippen LogP contribution >= 0.6 is 23.2 Å². The summed E-state index contributed by atoms with van der Waals surface area (Å²) in [5.74, 6) is 0.377. The fourth-order valence-corrected chi connectivity index (χ4v) is 1.85. The molecule has 4 nitrogen and oxygen atoms in total. The summed E-state index contributed by atoms with van der Waals surface area (Å²) in [6.07, 6.45) is -0.252. The van der Waals surface area contributed by atoms with Gasteiger partial charge in [0, 0.05) is 17.1 Å². The van der Waals surface area contributed by atoms with Gasteiger partial charge in [0.25, 0.3) is 0 Å². The smallest absolute Gasteiger partial charge is 0.407 e. The number of hydrogen-bond acceptors (Lipinski definition) is 3. The minimum Gasteiger partial charge on any atom is -0.488 e. The van der Waals surface area contributed by atoms with E-state index in [9.17, 15) is 9.18 Å². The van der Waals surface area contributed by atoms with Gasteiger partial charge in [-0.15, -0.1) is 0 Å². The first-order chi connectivity index (χ1) is 10.2. The van der Waals surface area contributed by atoms with Crippen molar-refractivity contribution >= 4 is 29.3 Å². The Kier molecular flexibility index (Phi) is 6.97. The molecule has 122 valence electrons. The quantitative estimate of drug-likeness (QED) is 0.834. The number of halogens is 3. The second-order valence-electron chi connectivity index (χ2n) is 5.49. The molecule has 1 rings (SSSR count). The van der Waals surface area contributed by atoms with Gasteiger partial charge in [-0.2, -0.15) is 0 Å². The number of hydrogen-bond donors (Lipinski definition) is 1. The van der Waals surface area contributed by atoms with Crippen molar-refractivity contribution in [2.75, 3.05) is 13.2 Å². The summed E-state index contributed by atoms with van der Waals surface area (Å²) in [5.41, 5.74) is -0.381. The van der Waals surface area contributed by atoms with E-state index < -0.39 is 11.7 Å². The van der Waals surface area contributed by atoms with Crippen LogP contribution in [0.5, 0.6) is 5.75 Å². The van der Waals surface area contributed by atoms with Crippen molar-refractivity contribution in [2.24, 2.45) is 0 Å². The molecule has 22 heavy (non-hydrogen) atoms. The molecule has 1 amide bonds. The zero-order chi connectivity index (χ0) is 16.8. The molecule has 0 aliphatic carbocycles. The van der Waals surface area contributed by atoms with Gasteiger partial charge in [0.15, 0.2) is 0 Å². The standard InChI is InChI=1S/C15H18Cl2FNO3/c1-15(2,3)22-14(20)19-8-10(7-18)9-21-13-5-4-11(16)6-12(13)17/h4-7H,8-9H2,1-3H3,(H,19,20). The highest BCUT2D eigenvalue weighted by Crippen LogP contribution is 2.27. The summed E-state index contributed by atoms with van der Waals surface area (Å²) in [6, 6.07) is 4.72. The van der Waals surface area contributed by atoms with Crippen LogP contribution < -0.4 is 10.1 Å². The molecule has 0 heterocycles. The van der Waals surface area contributed by atoms with Crippen LogP contribution in [-0.2, 0) is 4.74 Å². The van der Waals surface area contributed by atoms with Crippen LogP contribution in [0.25, 0.3) is 0 Å². The molecule has 0 fully saturated rings. The van der Waals surface area contributed by atoms with Gasteiger partial charge in [-0.25, -0.2) is 9.18 Å². The van der Waals surface area contributed by atoms with Gasteiger partial charge < -0.3 is 14.8 Å².